The lowest BCUT2D eigenvalue weighted by atomic mass is 9.91. The fourth-order valence-corrected chi connectivity index (χ4v) is 6.56. The van der Waals surface area contributed by atoms with Gasteiger partial charge < -0.3 is 15.2 Å². The number of thiazole rings is 1. The zero-order valence-electron chi connectivity index (χ0n) is 22.3. The molecule has 1 aliphatic rings. The molecular weight excluding hydrogens is 516 g/mol. The molecule has 40 heavy (non-hydrogen) atoms. The van der Waals surface area contributed by atoms with E-state index >= 15 is 0 Å². The highest BCUT2D eigenvalue weighted by Gasteiger charge is 2.27. The van der Waals surface area contributed by atoms with Gasteiger partial charge in [0.2, 0.25) is 5.91 Å². The van der Waals surface area contributed by atoms with Gasteiger partial charge in [-0.2, -0.15) is 0 Å². The van der Waals surface area contributed by atoms with Crippen LogP contribution in [0.2, 0.25) is 0 Å². The van der Waals surface area contributed by atoms with E-state index in [4.69, 9.17) is 4.98 Å². The highest BCUT2D eigenvalue weighted by Crippen LogP contribution is 2.31. The third kappa shape index (κ3) is 5.70. The number of aromatic amines is 1. The zero-order valence-corrected chi connectivity index (χ0v) is 23.1. The first-order chi connectivity index (χ1) is 19.7. The summed E-state index contributed by atoms with van der Waals surface area (Å²) in [6, 6.07) is 28.6. The van der Waals surface area contributed by atoms with Gasteiger partial charge in [-0.25, -0.2) is 4.98 Å². The molecular formula is C33H32N4O2S. The Balaban J connectivity index is 1.04. The molecule has 202 valence electrons. The summed E-state index contributed by atoms with van der Waals surface area (Å²) in [5.74, 6) is 0.347. The van der Waals surface area contributed by atoms with Crippen molar-refractivity contribution in [2.45, 2.75) is 31.1 Å². The van der Waals surface area contributed by atoms with Crippen molar-refractivity contribution in [3.63, 3.8) is 0 Å². The normalized spacial score (nSPS) is 14.1. The van der Waals surface area contributed by atoms with E-state index in [-0.39, 0.29) is 23.7 Å². The molecule has 0 aliphatic carbocycles. The highest BCUT2D eigenvalue weighted by molar-refractivity contribution is 7.09. The van der Waals surface area contributed by atoms with Gasteiger partial charge in [-0.15, -0.1) is 11.3 Å². The lowest BCUT2D eigenvalue weighted by Crippen LogP contribution is -2.38. The number of fused-ring (bicyclic) bond motifs is 1. The maximum Gasteiger partial charge on any atom is 0.270 e. The third-order valence-corrected chi connectivity index (χ3v) is 8.85. The minimum atomic E-state index is -0.147. The van der Waals surface area contributed by atoms with Crippen molar-refractivity contribution in [1.82, 2.24) is 20.2 Å². The molecule has 3 aromatic carbocycles. The van der Waals surface area contributed by atoms with Crippen molar-refractivity contribution in [2.75, 3.05) is 19.6 Å². The Kier molecular flexibility index (Phi) is 7.73. The van der Waals surface area contributed by atoms with Crippen molar-refractivity contribution in [1.29, 1.82) is 0 Å². The van der Waals surface area contributed by atoms with Crippen LogP contribution in [0.25, 0.3) is 10.9 Å². The predicted molar refractivity (Wildman–Crippen MR) is 160 cm³/mol. The quantitative estimate of drug-likeness (QED) is 0.245. The average Bonchev–Trinajstić information content (AvgIpc) is 3.67. The topological polar surface area (TPSA) is 78.1 Å². The number of carbonyl (C=O) groups excluding carboxylic acids is 2. The summed E-state index contributed by atoms with van der Waals surface area (Å²) in [6.07, 6.45) is 4.07. The summed E-state index contributed by atoms with van der Waals surface area (Å²) in [4.78, 5) is 36.0. The number of piperidine rings is 1. The molecule has 0 saturated carbocycles. The number of nitrogens with zero attached hydrogens (tertiary/aromatic N) is 2. The van der Waals surface area contributed by atoms with E-state index in [0.717, 1.165) is 34.3 Å². The summed E-state index contributed by atoms with van der Waals surface area (Å²) < 4.78 is 0. The number of carbonyl (C=O) groups is 2. The summed E-state index contributed by atoms with van der Waals surface area (Å²) in [6.45, 7) is 1.92. The van der Waals surface area contributed by atoms with E-state index in [1.54, 1.807) is 11.3 Å². The second-order valence-electron chi connectivity index (χ2n) is 10.3. The maximum atomic E-state index is 13.1. The van der Waals surface area contributed by atoms with Gasteiger partial charge in [-0.3, -0.25) is 9.59 Å². The van der Waals surface area contributed by atoms with Crippen LogP contribution in [0.5, 0.6) is 0 Å². The molecule has 0 bridgehead atoms. The Labute approximate surface area is 238 Å². The van der Waals surface area contributed by atoms with Crippen LogP contribution in [0.1, 0.15) is 56.9 Å². The fraction of sp³-hybridized carbons (Fsp3) is 0.242. The summed E-state index contributed by atoms with van der Waals surface area (Å²) >= 11 is 1.55. The molecule has 0 atom stereocenters. The van der Waals surface area contributed by atoms with E-state index in [1.165, 1.54) is 11.1 Å². The number of hydrogen-bond donors (Lipinski definition) is 2. The molecule has 0 radical (unpaired) electrons. The summed E-state index contributed by atoms with van der Waals surface area (Å²) in [7, 11) is 0. The van der Waals surface area contributed by atoms with Crippen LogP contribution in [0.3, 0.4) is 0 Å². The lowest BCUT2D eigenvalue weighted by molar-refractivity contribution is -0.131. The number of para-hydroxylation sites is 1. The van der Waals surface area contributed by atoms with Gasteiger partial charge >= 0.3 is 0 Å². The summed E-state index contributed by atoms with van der Waals surface area (Å²) in [5.41, 5.74) is 4.90. The second-order valence-corrected chi connectivity index (χ2v) is 11.2. The Morgan fingerprint density at radius 1 is 0.925 bits per heavy atom. The molecule has 0 spiro atoms. The molecule has 1 aliphatic heterocycles. The van der Waals surface area contributed by atoms with Crippen LogP contribution in [0.15, 0.2) is 96.5 Å². The number of rotatable bonds is 8. The van der Waals surface area contributed by atoms with Crippen molar-refractivity contribution >= 4 is 34.1 Å². The molecule has 5 aromatic rings. The van der Waals surface area contributed by atoms with Crippen LogP contribution >= 0.6 is 11.3 Å². The number of benzene rings is 3. The van der Waals surface area contributed by atoms with Gasteiger partial charge in [0.05, 0.1) is 11.4 Å². The minimum Gasteiger partial charge on any atom is -0.361 e. The molecule has 0 unspecified atom stereocenters. The maximum absolute atomic E-state index is 13.1. The number of aromatic nitrogens is 2. The molecule has 2 N–H and O–H groups in total. The largest absolute Gasteiger partial charge is 0.361 e. The van der Waals surface area contributed by atoms with Gasteiger partial charge in [-0.05, 0) is 35.6 Å². The van der Waals surface area contributed by atoms with E-state index in [0.29, 0.717) is 31.7 Å². The molecule has 6 rings (SSSR count). The van der Waals surface area contributed by atoms with Crippen molar-refractivity contribution in [2.24, 2.45) is 0 Å². The SMILES string of the molecule is O=C(NCC(c1ccccc1)c1ccccc1)c1csc(C2CCN(C(=O)Cc3c[nH]c4ccccc34)CC2)n1. The van der Waals surface area contributed by atoms with Gasteiger partial charge in [0.15, 0.2) is 0 Å². The Bertz CT molecular complexity index is 1550. The first kappa shape index (κ1) is 26.0. The smallest absolute Gasteiger partial charge is 0.270 e. The second kappa shape index (κ2) is 11.9. The van der Waals surface area contributed by atoms with Crippen molar-refractivity contribution in [3.8, 4) is 0 Å². The Morgan fingerprint density at radius 3 is 2.27 bits per heavy atom. The predicted octanol–water partition coefficient (Wildman–Crippen LogP) is 6.14. The number of likely N-dealkylation sites (tertiary alicyclic amines) is 1. The van der Waals surface area contributed by atoms with E-state index in [9.17, 15) is 9.59 Å². The Hall–Kier alpha value is -4.23. The van der Waals surface area contributed by atoms with Crippen molar-refractivity contribution < 1.29 is 9.59 Å². The lowest BCUT2D eigenvalue weighted by Gasteiger charge is -2.31. The molecule has 1 saturated heterocycles. The van der Waals surface area contributed by atoms with Crippen molar-refractivity contribution in [3.05, 3.63) is 124 Å². The van der Waals surface area contributed by atoms with E-state index < -0.39 is 0 Å². The first-order valence-electron chi connectivity index (χ1n) is 13.8. The van der Waals surface area contributed by atoms with Crippen LogP contribution in [0, 0.1) is 0 Å². The van der Waals surface area contributed by atoms with Crippen LogP contribution in [-0.4, -0.2) is 46.3 Å². The van der Waals surface area contributed by atoms with Gasteiger partial charge in [0.1, 0.15) is 5.69 Å². The molecule has 3 heterocycles. The van der Waals surface area contributed by atoms with Crippen LogP contribution in [0.4, 0.5) is 0 Å². The third-order valence-electron chi connectivity index (χ3n) is 7.84. The molecule has 2 amide bonds. The van der Waals surface area contributed by atoms with Crippen LogP contribution < -0.4 is 5.32 Å². The minimum absolute atomic E-state index is 0.0653. The molecule has 2 aromatic heterocycles. The molecule has 1 fully saturated rings. The monoisotopic (exact) mass is 548 g/mol. The zero-order chi connectivity index (χ0) is 27.3. The average molecular weight is 549 g/mol. The number of amides is 2. The van der Waals surface area contributed by atoms with Gasteiger partial charge in [0, 0.05) is 53.9 Å². The summed E-state index contributed by atoms with van der Waals surface area (Å²) in [5, 5.41) is 7.07. The Morgan fingerprint density at radius 2 is 1.57 bits per heavy atom. The number of nitrogens with one attached hydrogen (secondary N) is 2. The standard InChI is InChI=1S/C33H32N4O2S/c38-31(19-26-20-34-29-14-8-7-13-27(26)29)37-17-15-25(16-18-37)33-36-30(22-40-33)32(39)35-21-28(23-9-3-1-4-10-23)24-11-5-2-6-12-24/h1-14,20,22,25,28,34H,15-19,21H2,(H,35,39). The van der Waals surface area contributed by atoms with Gasteiger partial charge in [0.25, 0.3) is 5.91 Å². The molecule has 7 heteroatoms. The van der Waals surface area contributed by atoms with E-state index in [2.05, 4.69) is 40.6 Å². The van der Waals surface area contributed by atoms with E-state index in [1.807, 2.05) is 71.1 Å². The fourth-order valence-electron chi connectivity index (χ4n) is 5.59. The highest BCUT2D eigenvalue weighted by atomic mass is 32.1. The first-order valence-corrected chi connectivity index (χ1v) is 14.7. The molecule has 6 nitrogen and oxygen atoms in total. The number of hydrogen-bond acceptors (Lipinski definition) is 4. The van der Waals surface area contributed by atoms with Gasteiger partial charge in [-0.1, -0.05) is 78.9 Å². The number of H-pyrrole nitrogens is 1. The van der Waals surface area contributed by atoms with Crippen LogP contribution in [-0.2, 0) is 11.2 Å².